The lowest BCUT2D eigenvalue weighted by Crippen LogP contribution is -2.45. The summed E-state index contributed by atoms with van der Waals surface area (Å²) in [6.45, 7) is 5.88. The van der Waals surface area contributed by atoms with E-state index in [-0.39, 0.29) is 12.2 Å². The minimum Gasteiger partial charge on any atom is -0.497 e. The number of nitrogens with zero attached hydrogens (tertiary/aromatic N) is 3. The van der Waals surface area contributed by atoms with Crippen molar-refractivity contribution in [1.29, 1.82) is 0 Å². The molecule has 1 aromatic carbocycles. The van der Waals surface area contributed by atoms with Crippen molar-refractivity contribution in [2.75, 3.05) is 25.1 Å². The molecule has 0 aliphatic carbocycles. The molecule has 2 aromatic rings. The number of aromatic nitrogens is 2. The van der Waals surface area contributed by atoms with Gasteiger partial charge in [-0.15, -0.1) is 0 Å². The molecule has 0 bridgehead atoms. The van der Waals surface area contributed by atoms with Crippen LogP contribution < -0.4 is 9.64 Å². The van der Waals surface area contributed by atoms with Crippen LogP contribution in [0.25, 0.3) is 10.9 Å². The normalized spacial score (nSPS) is 23.1. The van der Waals surface area contributed by atoms with Gasteiger partial charge in [0.1, 0.15) is 17.9 Å². The van der Waals surface area contributed by atoms with E-state index < -0.39 is 0 Å². The van der Waals surface area contributed by atoms with Crippen LogP contribution in [-0.4, -0.2) is 42.4 Å². The van der Waals surface area contributed by atoms with Crippen molar-refractivity contribution >= 4 is 16.7 Å². The molecule has 3 rings (SSSR count). The van der Waals surface area contributed by atoms with Crippen LogP contribution in [0.4, 0.5) is 5.82 Å². The summed E-state index contributed by atoms with van der Waals surface area (Å²) >= 11 is 0. The lowest BCUT2D eigenvalue weighted by molar-refractivity contribution is -0.00537. The summed E-state index contributed by atoms with van der Waals surface area (Å²) in [4.78, 5) is 11.1. The van der Waals surface area contributed by atoms with Crippen LogP contribution in [0.3, 0.4) is 0 Å². The third-order valence-electron chi connectivity index (χ3n) is 3.54. The predicted molar refractivity (Wildman–Crippen MR) is 78.3 cm³/mol. The van der Waals surface area contributed by atoms with Crippen molar-refractivity contribution in [3.8, 4) is 5.75 Å². The Morgan fingerprint density at radius 3 is 2.65 bits per heavy atom. The number of morpholine rings is 1. The molecular weight excluding hydrogens is 254 g/mol. The van der Waals surface area contributed by atoms with Crippen LogP contribution in [0.5, 0.6) is 5.75 Å². The molecule has 1 aromatic heterocycles. The average Bonchev–Trinajstić information content (AvgIpc) is 2.45. The molecule has 0 radical (unpaired) electrons. The summed E-state index contributed by atoms with van der Waals surface area (Å²) in [6.07, 6.45) is 2.03. The average molecular weight is 273 g/mol. The molecule has 5 nitrogen and oxygen atoms in total. The monoisotopic (exact) mass is 273 g/mol. The fourth-order valence-corrected chi connectivity index (χ4v) is 2.75. The van der Waals surface area contributed by atoms with Gasteiger partial charge in [-0.25, -0.2) is 9.97 Å². The van der Waals surface area contributed by atoms with Crippen LogP contribution in [0.15, 0.2) is 24.5 Å². The van der Waals surface area contributed by atoms with E-state index in [1.54, 1.807) is 13.4 Å². The van der Waals surface area contributed by atoms with Gasteiger partial charge in [-0.2, -0.15) is 0 Å². The maximum atomic E-state index is 5.78. The molecule has 0 amide bonds. The topological polar surface area (TPSA) is 47.5 Å². The maximum Gasteiger partial charge on any atom is 0.140 e. The zero-order valence-corrected chi connectivity index (χ0v) is 12.0. The van der Waals surface area contributed by atoms with Gasteiger partial charge >= 0.3 is 0 Å². The van der Waals surface area contributed by atoms with Gasteiger partial charge in [0.15, 0.2) is 0 Å². The predicted octanol–water partition coefficient (Wildman–Crippen LogP) is 2.25. The first-order valence-electron chi connectivity index (χ1n) is 6.86. The molecule has 5 heteroatoms. The first-order chi connectivity index (χ1) is 9.67. The third kappa shape index (κ3) is 2.41. The van der Waals surface area contributed by atoms with Gasteiger partial charge in [0.2, 0.25) is 0 Å². The van der Waals surface area contributed by atoms with Gasteiger partial charge < -0.3 is 14.4 Å². The fraction of sp³-hybridized carbons (Fsp3) is 0.467. The molecule has 2 heterocycles. The quantitative estimate of drug-likeness (QED) is 0.840. The zero-order valence-electron chi connectivity index (χ0n) is 12.0. The van der Waals surface area contributed by atoms with Crippen LogP contribution in [-0.2, 0) is 4.74 Å². The molecule has 2 unspecified atom stereocenters. The SMILES string of the molecule is COc1ccc2c(N3CC(C)OC(C)C3)ncnc2c1. The largest absolute Gasteiger partial charge is 0.497 e. The number of benzene rings is 1. The van der Waals surface area contributed by atoms with Gasteiger partial charge in [0.25, 0.3) is 0 Å². The Kier molecular flexibility index (Phi) is 3.44. The second kappa shape index (κ2) is 5.25. The summed E-state index contributed by atoms with van der Waals surface area (Å²) < 4.78 is 11.0. The molecule has 106 valence electrons. The van der Waals surface area contributed by atoms with E-state index in [0.29, 0.717) is 0 Å². The molecule has 0 spiro atoms. The van der Waals surface area contributed by atoms with E-state index in [1.807, 2.05) is 18.2 Å². The highest BCUT2D eigenvalue weighted by Gasteiger charge is 2.24. The van der Waals surface area contributed by atoms with E-state index >= 15 is 0 Å². The van der Waals surface area contributed by atoms with Crippen LogP contribution in [0.1, 0.15) is 13.8 Å². The Bertz CT molecular complexity index is 607. The third-order valence-corrected chi connectivity index (χ3v) is 3.54. The Morgan fingerprint density at radius 1 is 1.20 bits per heavy atom. The minimum atomic E-state index is 0.210. The Morgan fingerprint density at radius 2 is 1.95 bits per heavy atom. The molecule has 1 fully saturated rings. The molecular formula is C15H19N3O2. The summed E-state index contributed by atoms with van der Waals surface area (Å²) in [5.74, 6) is 1.78. The number of anilines is 1. The number of fused-ring (bicyclic) bond motifs is 1. The molecule has 20 heavy (non-hydrogen) atoms. The minimum absolute atomic E-state index is 0.210. The van der Waals surface area contributed by atoms with Gasteiger partial charge in [0.05, 0.1) is 24.8 Å². The van der Waals surface area contributed by atoms with E-state index in [0.717, 1.165) is 35.6 Å². The molecule has 0 N–H and O–H groups in total. The van der Waals surface area contributed by atoms with E-state index in [9.17, 15) is 0 Å². The molecule has 1 aliphatic rings. The van der Waals surface area contributed by atoms with Crippen molar-refractivity contribution in [1.82, 2.24) is 9.97 Å². The highest BCUT2D eigenvalue weighted by molar-refractivity contribution is 5.90. The Balaban J connectivity index is 2.02. The lowest BCUT2D eigenvalue weighted by atomic mass is 10.1. The molecule has 1 saturated heterocycles. The second-order valence-electron chi connectivity index (χ2n) is 5.24. The van der Waals surface area contributed by atoms with E-state index in [1.165, 1.54) is 0 Å². The first-order valence-corrected chi connectivity index (χ1v) is 6.86. The van der Waals surface area contributed by atoms with Gasteiger partial charge in [-0.1, -0.05) is 0 Å². The Hall–Kier alpha value is -1.88. The number of hydrogen-bond acceptors (Lipinski definition) is 5. The number of methoxy groups -OCH3 is 1. The molecule has 0 saturated carbocycles. The second-order valence-corrected chi connectivity index (χ2v) is 5.24. The van der Waals surface area contributed by atoms with Crippen molar-refractivity contribution < 1.29 is 9.47 Å². The van der Waals surface area contributed by atoms with E-state index in [4.69, 9.17) is 9.47 Å². The lowest BCUT2D eigenvalue weighted by Gasteiger charge is -2.36. The Labute approximate surface area is 118 Å². The number of ether oxygens (including phenoxy) is 2. The van der Waals surface area contributed by atoms with Crippen molar-refractivity contribution in [3.05, 3.63) is 24.5 Å². The first kappa shape index (κ1) is 13.1. The van der Waals surface area contributed by atoms with Gasteiger partial charge in [-0.3, -0.25) is 0 Å². The van der Waals surface area contributed by atoms with E-state index in [2.05, 4.69) is 28.7 Å². The highest BCUT2D eigenvalue weighted by Crippen LogP contribution is 2.28. The van der Waals surface area contributed by atoms with Gasteiger partial charge in [0, 0.05) is 24.5 Å². The van der Waals surface area contributed by atoms with Gasteiger partial charge in [-0.05, 0) is 26.0 Å². The van der Waals surface area contributed by atoms with Crippen LogP contribution in [0.2, 0.25) is 0 Å². The molecule has 2 atom stereocenters. The summed E-state index contributed by atoms with van der Waals surface area (Å²) in [5, 5.41) is 1.05. The van der Waals surface area contributed by atoms with Crippen molar-refractivity contribution in [2.45, 2.75) is 26.1 Å². The molecule has 1 aliphatic heterocycles. The van der Waals surface area contributed by atoms with Crippen molar-refractivity contribution in [2.24, 2.45) is 0 Å². The standard InChI is InChI=1S/C15H19N3O2/c1-10-7-18(8-11(2)20-10)15-13-5-4-12(19-3)6-14(13)16-9-17-15/h4-6,9-11H,7-8H2,1-3H3. The van der Waals surface area contributed by atoms with Crippen LogP contribution in [0, 0.1) is 0 Å². The summed E-state index contributed by atoms with van der Waals surface area (Å²) in [7, 11) is 1.66. The van der Waals surface area contributed by atoms with Crippen molar-refractivity contribution in [3.63, 3.8) is 0 Å². The zero-order chi connectivity index (χ0) is 14.1. The summed E-state index contributed by atoms with van der Waals surface area (Å²) in [5.41, 5.74) is 0.904. The maximum absolute atomic E-state index is 5.78. The van der Waals surface area contributed by atoms with Crippen LogP contribution >= 0.6 is 0 Å². The highest BCUT2D eigenvalue weighted by atomic mass is 16.5. The fourth-order valence-electron chi connectivity index (χ4n) is 2.75. The number of hydrogen-bond donors (Lipinski definition) is 0. The summed E-state index contributed by atoms with van der Waals surface area (Å²) in [6, 6.07) is 5.91. The smallest absolute Gasteiger partial charge is 0.140 e. The number of rotatable bonds is 2.